The molecule has 1 atom stereocenters. The first kappa shape index (κ1) is 15.8. The second-order valence-corrected chi connectivity index (χ2v) is 6.29. The average molecular weight is 297 g/mol. The number of amides is 3. The van der Waals surface area contributed by atoms with Gasteiger partial charge in [-0.05, 0) is 39.7 Å². The molecular formula is C14H23N3O4. The lowest BCUT2D eigenvalue weighted by Gasteiger charge is -2.34. The average Bonchev–Trinajstić information content (AvgIpc) is 2.89. The summed E-state index contributed by atoms with van der Waals surface area (Å²) in [5.74, 6) is -1.08. The normalized spacial score (nSPS) is 29.0. The van der Waals surface area contributed by atoms with E-state index >= 15 is 0 Å². The topological polar surface area (TPSA) is 89.9 Å². The Hall–Kier alpha value is -1.63. The van der Waals surface area contributed by atoms with E-state index in [9.17, 15) is 19.5 Å². The maximum Gasteiger partial charge on any atom is 0.325 e. The Labute approximate surface area is 124 Å². The van der Waals surface area contributed by atoms with E-state index in [2.05, 4.69) is 5.32 Å². The van der Waals surface area contributed by atoms with Crippen molar-refractivity contribution in [3.63, 3.8) is 0 Å². The van der Waals surface area contributed by atoms with Crippen molar-refractivity contribution in [2.24, 2.45) is 0 Å². The van der Waals surface area contributed by atoms with Crippen molar-refractivity contribution in [3.8, 4) is 0 Å². The van der Waals surface area contributed by atoms with Crippen molar-refractivity contribution in [2.45, 2.75) is 51.1 Å². The monoisotopic (exact) mass is 297 g/mol. The van der Waals surface area contributed by atoms with E-state index in [1.165, 1.54) is 4.90 Å². The van der Waals surface area contributed by atoms with Gasteiger partial charge in [0.15, 0.2) is 0 Å². The largest absolute Gasteiger partial charge is 0.480 e. The highest BCUT2D eigenvalue weighted by molar-refractivity contribution is 6.06. The number of nitrogens with one attached hydrogen (secondary N) is 1. The van der Waals surface area contributed by atoms with E-state index in [-0.39, 0.29) is 12.5 Å². The summed E-state index contributed by atoms with van der Waals surface area (Å²) in [5.41, 5.74) is -1.73. The fourth-order valence-electron chi connectivity index (χ4n) is 3.30. The minimum absolute atomic E-state index is 0.225. The summed E-state index contributed by atoms with van der Waals surface area (Å²) in [7, 11) is 0. The molecule has 0 aliphatic carbocycles. The van der Waals surface area contributed by atoms with Crippen molar-refractivity contribution in [2.75, 3.05) is 19.6 Å². The molecule has 2 aliphatic heterocycles. The van der Waals surface area contributed by atoms with Crippen LogP contribution in [0.5, 0.6) is 0 Å². The molecule has 0 bridgehead atoms. The molecule has 0 aromatic heterocycles. The molecular weight excluding hydrogens is 274 g/mol. The highest BCUT2D eigenvalue weighted by Crippen LogP contribution is 2.32. The zero-order valence-corrected chi connectivity index (χ0v) is 12.8. The van der Waals surface area contributed by atoms with Gasteiger partial charge in [-0.2, -0.15) is 0 Å². The standard InChI is InChI=1S/C14H23N3O4/c1-4-14(11(19)20)6-5-7-16(14)8-9-17-10(18)13(2,3)15-12(17)21/h4-9H2,1-3H3,(H,15,21)(H,19,20). The number of nitrogens with zero attached hydrogens (tertiary/aromatic N) is 2. The molecule has 7 heteroatoms. The van der Waals surface area contributed by atoms with Crippen LogP contribution in [0, 0.1) is 0 Å². The zero-order chi connectivity index (χ0) is 15.8. The molecule has 2 heterocycles. The molecule has 2 N–H and O–H groups in total. The molecule has 2 saturated heterocycles. The van der Waals surface area contributed by atoms with Crippen LogP contribution in [0.3, 0.4) is 0 Å². The van der Waals surface area contributed by atoms with Gasteiger partial charge < -0.3 is 10.4 Å². The SMILES string of the molecule is CCC1(C(=O)O)CCCN1CCN1C(=O)NC(C)(C)C1=O. The van der Waals surface area contributed by atoms with Crippen LogP contribution >= 0.6 is 0 Å². The van der Waals surface area contributed by atoms with E-state index in [0.29, 0.717) is 25.9 Å². The number of carboxylic acid groups (broad SMARTS) is 1. The Morgan fingerprint density at radius 2 is 2.00 bits per heavy atom. The third-order valence-electron chi connectivity index (χ3n) is 4.64. The van der Waals surface area contributed by atoms with Crippen LogP contribution < -0.4 is 5.32 Å². The van der Waals surface area contributed by atoms with Crippen molar-refractivity contribution < 1.29 is 19.5 Å². The summed E-state index contributed by atoms with van der Waals surface area (Å²) in [5, 5.41) is 12.1. The van der Waals surface area contributed by atoms with Gasteiger partial charge in [0.1, 0.15) is 11.1 Å². The molecule has 2 aliphatic rings. The first-order valence-electron chi connectivity index (χ1n) is 7.37. The summed E-state index contributed by atoms with van der Waals surface area (Å²) in [6, 6.07) is -0.401. The lowest BCUT2D eigenvalue weighted by molar-refractivity contribution is -0.150. The molecule has 0 aromatic rings. The number of carboxylic acids is 1. The van der Waals surface area contributed by atoms with E-state index < -0.39 is 23.1 Å². The summed E-state index contributed by atoms with van der Waals surface area (Å²) in [6.45, 7) is 6.50. The third kappa shape index (κ3) is 2.50. The molecule has 7 nitrogen and oxygen atoms in total. The molecule has 21 heavy (non-hydrogen) atoms. The molecule has 2 rings (SSSR count). The van der Waals surface area contributed by atoms with Crippen molar-refractivity contribution in [3.05, 3.63) is 0 Å². The van der Waals surface area contributed by atoms with Crippen LogP contribution in [-0.4, -0.2) is 63.5 Å². The van der Waals surface area contributed by atoms with E-state index in [0.717, 1.165) is 6.42 Å². The fourth-order valence-corrected chi connectivity index (χ4v) is 3.30. The summed E-state index contributed by atoms with van der Waals surface area (Å²) in [6.07, 6.45) is 1.96. The molecule has 2 fully saturated rings. The van der Waals surface area contributed by atoms with Crippen molar-refractivity contribution >= 4 is 17.9 Å². The van der Waals surface area contributed by atoms with Gasteiger partial charge in [0.2, 0.25) is 0 Å². The highest BCUT2D eigenvalue weighted by Gasteiger charge is 2.48. The Balaban J connectivity index is 2.05. The Morgan fingerprint density at radius 3 is 2.48 bits per heavy atom. The maximum absolute atomic E-state index is 12.1. The van der Waals surface area contributed by atoms with Crippen LogP contribution in [0.4, 0.5) is 4.79 Å². The smallest absolute Gasteiger partial charge is 0.325 e. The Kier molecular flexibility index (Phi) is 3.97. The van der Waals surface area contributed by atoms with Gasteiger partial charge in [-0.15, -0.1) is 0 Å². The summed E-state index contributed by atoms with van der Waals surface area (Å²) in [4.78, 5) is 38.6. The van der Waals surface area contributed by atoms with Crippen LogP contribution in [0.25, 0.3) is 0 Å². The summed E-state index contributed by atoms with van der Waals surface area (Å²) >= 11 is 0. The number of aliphatic carboxylic acids is 1. The molecule has 1 unspecified atom stereocenters. The van der Waals surface area contributed by atoms with Gasteiger partial charge >= 0.3 is 12.0 Å². The zero-order valence-electron chi connectivity index (χ0n) is 12.8. The van der Waals surface area contributed by atoms with Crippen LogP contribution in [0.2, 0.25) is 0 Å². The van der Waals surface area contributed by atoms with Gasteiger partial charge in [-0.25, -0.2) is 4.79 Å². The van der Waals surface area contributed by atoms with Crippen LogP contribution in [0.15, 0.2) is 0 Å². The third-order valence-corrected chi connectivity index (χ3v) is 4.64. The lowest BCUT2D eigenvalue weighted by atomic mass is 9.93. The second-order valence-electron chi connectivity index (χ2n) is 6.29. The lowest BCUT2D eigenvalue weighted by Crippen LogP contribution is -2.52. The van der Waals surface area contributed by atoms with Crippen LogP contribution in [-0.2, 0) is 9.59 Å². The molecule has 0 aromatic carbocycles. The molecule has 0 saturated carbocycles. The second kappa shape index (κ2) is 5.29. The number of carbonyl (C=O) groups is 3. The first-order chi connectivity index (χ1) is 9.74. The van der Waals surface area contributed by atoms with E-state index in [1.807, 2.05) is 11.8 Å². The van der Waals surface area contributed by atoms with E-state index in [4.69, 9.17) is 0 Å². The number of hydrogen-bond acceptors (Lipinski definition) is 4. The fraction of sp³-hybridized carbons (Fsp3) is 0.786. The minimum atomic E-state index is -0.878. The number of rotatable bonds is 5. The minimum Gasteiger partial charge on any atom is -0.480 e. The highest BCUT2D eigenvalue weighted by atomic mass is 16.4. The summed E-state index contributed by atoms with van der Waals surface area (Å²) < 4.78 is 0. The van der Waals surface area contributed by atoms with Crippen LogP contribution in [0.1, 0.15) is 40.0 Å². The quantitative estimate of drug-likeness (QED) is 0.727. The number of carbonyl (C=O) groups excluding carboxylic acids is 2. The molecule has 0 radical (unpaired) electrons. The first-order valence-corrected chi connectivity index (χ1v) is 7.37. The van der Waals surface area contributed by atoms with Gasteiger partial charge in [-0.3, -0.25) is 19.4 Å². The molecule has 118 valence electrons. The number of urea groups is 1. The number of likely N-dealkylation sites (tertiary alicyclic amines) is 1. The number of hydrogen-bond donors (Lipinski definition) is 2. The van der Waals surface area contributed by atoms with E-state index in [1.54, 1.807) is 13.8 Å². The van der Waals surface area contributed by atoms with Crippen molar-refractivity contribution in [1.29, 1.82) is 0 Å². The van der Waals surface area contributed by atoms with Gasteiger partial charge in [0, 0.05) is 13.1 Å². The predicted octanol–water partition coefficient (Wildman–Crippen LogP) is 0.646. The number of imide groups is 1. The predicted molar refractivity (Wildman–Crippen MR) is 75.8 cm³/mol. The maximum atomic E-state index is 12.1. The van der Waals surface area contributed by atoms with Gasteiger partial charge in [-0.1, -0.05) is 6.92 Å². The van der Waals surface area contributed by atoms with Gasteiger partial charge in [0.25, 0.3) is 5.91 Å². The Morgan fingerprint density at radius 1 is 1.33 bits per heavy atom. The molecule has 3 amide bonds. The van der Waals surface area contributed by atoms with Gasteiger partial charge in [0.05, 0.1) is 0 Å². The Bertz CT molecular complexity index is 477. The van der Waals surface area contributed by atoms with Crippen molar-refractivity contribution in [1.82, 2.24) is 15.1 Å². The molecule has 0 spiro atoms.